The first-order valence-corrected chi connectivity index (χ1v) is 9.34. The van der Waals surface area contributed by atoms with Crippen molar-refractivity contribution in [3.05, 3.63) is 52.5 Å². The molecular formula is C20H21BrN2O. The third kappa shape index (κ3) is 3.40. The Morgan fingerprint density at radius 1 is 1.17 bits per heavy atom. The van der Waals surface area contributed by atoms with Crippen LogP contribution in [0.25, 0.3) is 22.6 Å². The molecule has 0 atom stereocenters. The van der Waals surface area contributed by atoms with E-state index in [0.717, 1.165) is 33.6 Å². The van der Waals surface area contributed by atoms with Crippen LogP contribution in [-0.2, 0) is 6.54 Å². The maximum absolute atomic E-state index is 5.92. The molecule has 4 heteroatoms. The molecule has 3 aromatic rings. The van der Waals surface area contributed by atoms with Crippen LogP contribution in [0.1, 0.15) is 25.3 Å². The molecule has 0 bridgehead atoms. The number of nitrogens with zero attached hydrogens (tertiary/aromatic N) is 2. The second-order valence-corrected chi connectivity index (χ2v) is 7.71. The van der Waals surface area contributed by atoms with E-state index in [0.29, 0.717) is 5.89 Å². The zero-order chi connectivity index (χ0) is 16.5. The van der Waals surface area contributed by atoms with Gasteiger partial charge in [-0.05, 0) is 67.7 Å². The summed E-state index contributed by atoms with van der Waals surface area (Å²) in [5.41, 5.74) is 4.09. The zero-order valence-electron chi connectivity index (χ0n) is 13.8. The zero-order valence-corrected chi connectivity index (χ0v) is 15.4. The molecule has 2 heterocycles. The van der Waals surface area contributed by atoms with Crippen molar-refractivity contribution in [3.8, 4) is 11.5 Å². The van der Waals surface area contributed by atoms with Gasteiger partial charge in [-0.25, -0.2) is 4.98 Å². The molecule has 1 saturated heterocycles. The Morgan fingerprint density at radius 2 is 2.00 bits per heavy atom. The lowest BCUT2D eigenvalue weighted by molar-refractivity contribution is 0.185. The molecule has 1 aromatic heterocycles. The van der Waals surface area contributed by atoms with E-state index < -0.39 is 0 Å². The highest BCUT2D eigenvalue weighted by atomic mass is 79.9. The minimum atomic E-state index is 0.676. The smallest absolute Gasteiger partial charge is 0.227 e. The Balaban J connectivity index is 1.57. The highest BCUT2D eigenvalue weighted by Crippen LogP contribution is 2.27. The second-order valence-electron chi connectivity index (χ2n) is 6.79. The molecule has 0 aliphatic carbocycles. The Kier molecular flexibility index (Phi) is 4.42. The largest absolute Gasteiger partial charge is 0.436 e. The first-order chi connectivity index (χ1) is 11.7. The number of aromatic nitrogens is 1. The van der Waals surface area contributed by atoms with Crippen molar-refractivity contribution in [2.24, 2.45) is 5.92 Å². The van der Waals surface area contributed by atoms with Crippen LogP contribution in [0.4, 0.5) is 0 Å². The van der Waals surface area contributed by atoms with Gasteiger partial charge in [0.25, 0.3) is 0 Å². The number of oxazole rings is 1. The Bertz CT molecular complexity index is 850. The van der Waals surface area contributed by atoms with E-state index in [1.807, 2.05) is 30.3 Å². The normalized spacial score (nSPS) is 16.8. The summed E-state index contributed by atoms with van der Waals surface area (Å²) < 4.78 is 6.95. The Morgan fingerprint density at radius 3 is 2.79 bits per heavy atom. The fourth-order valence-corrected chi connectivity index (χ4v) is 3.69. The van der Waals surface area contributed by atoms with Gasteiger partial charge in [0.2, 0.25) is 5.89 Å². The lowest BCUT2D eigenvalue weighted by Gasteiger charge is -2.30. The van der Waals surface area contributed by atoms with Gasteiger partial charge in [0.05, 0.1) is 0 Å². The molecule has 1 aliphatic heterocycles. The molecule has 0 unspecified atom stereocenters. The van der Waals surface area contributed by atoms with Crippen LogP contribution in [0.15, 0.2) is 51.4 Å². The van der Waals surface area contributed by atoms with Crippen LogP contribution in [0.3, 0.4) is 0 Å². The highest BCUT2D eigenvalue weighted by Gasteiger charge is 2.16. The van der Waals surface area contributed by atoms with Gasteiger partial charge >= 0.3 is 0 Å². The molecule has 0 radical (unpaired) electrons. The highest BCUT2D eigenvalue weighted by molar-refractivity contribution is 9.10. The monoisotopic (exact) mass is 384 g/mol. The average molecular weight is 385 g/mol. The summed E-state index contributed by atoms with van der Waals surface area (Å²) in [4.78, 5) is 7.22. The van der Waals surface area contributed by atoms with Crippen LogP contribution in [0.2, 0.25) is 0 Å². The van der Waals surface area contributed by atoms with Gasteiger partial charge in [0.15, 0.2) is 5.58 Å². The molecular weight excluding hydrogens is 364 g/mol. The lowest BCUT2D eigenvalue weighted by atomic mass is 9.99. The quantitative estimate of drug-likeness (QED) is 0.597. The minimum Gasteiger partial charge on any atom is -0.436 e. The first kappa shape index (κ1) is 15.9. The lowest BCUT2D eigenvalue weighted by Crippen LogP contribution is -2.32. The van der Waals surface area contributed by atoms with Crippen LogP contribution in [0.5, 0.6) is 0 Å². The summed E-state index contributed by atoms with van der Waals surface area (Å²) in [6.07, 6.45) is 2.61. The maximum atomic E-state index is 5.92. The molecule has 0 amide bonds. The standard InChI is InChI=1S/C20H21BrN2O/c1-14-7-9-23(10-8-14)13-15-5-6-19-18(11-15)22-20(24-19)16-3-2-4-17(21)12-16/h2-6,11-12,14H,7-10,13H2,1H3. The van der Waals surface area contributed by atoms with E-state index in [1.165, 1.54) is 31.5 Å². The number of fused-ring (bicyclic) bond motifs is 1. The summed E-state index contributed by atoms with van der Waals surface area (Å²) in [6, 6.07) is 14.4. The fraction of sp³-hybridized carbons (Fsp3) is 0.350. The van der Waals surface area contributed by atoms with E-state index in [4.69, 9.17) is 4.42 Å². The van der Waals surface area contributed by atoms with Gasteiger partial charge in [-0.3, -0.25) is 4.90 Å². The summed E-state index contributed by atoms with van der Waals surface area (Å²) in [5.74, 6) is 1.54. The van der Waals surface area contributed by atoms with E-state index >= 15 is 0 Å². The molecule has 1 aliphatic rings. The number of hydrogen-bond donors (Lipinski definition) is 0. The van der Waals surface area contributed by atoms with E-state index in [1.54, 1.807) is 0 Å². The SMILES string of the molecule is CC1CCN(Cc2ccc3oc(-c4cccc(Br)c4)nc3c2)CC1. The van der Waals surface area contributed by atoms with Crippen LogP contribution >= 0.6 is 15.9 Å². The van der Waals surface area contributed by atoms with Crippen LogP contribution in [0, 0.1) is 5.92 Å². The van der Waals surface area contributed by atoms with Crippen molar-refractivity contribution in [2.75, 3.05) is 13.1 Å². The summed E-state index contributed by atoms with van der Waals surface area (Å²) in [7, 11) is 0. The number of rotatable bonds is 3. The number of hydrogen-bond acceptors (Lipinski definition) is 3. The molecule has 0 N–H and O–H groups in total. The predicted octanol–water partition coefficient (Wildman–Crippen LogP) is 5.49. The average Bonchev–Trinajstić information content (AvgIpc) is 3.00. The molecule has 1 fully saturated rings. The number of benzene rings is 2. The van der Waals surface area contributed by atoms with Crippen molar-refractivity contribution in [1.29, 1.82) is 0 Å². The van der Waals surface area contributed by atoms with Gasteiger partial charge in [-0.1, -0.05) is 35.0 Å². The van der Waals surface area contributed by atoms with Crippen LogP contribution < -0.4 is 0 Å². The van der Waals surface area contributed by atoms with Crippen molar-refractivity contribution in [2.45, 2.75) is 26.3 Å². The molecule has 0 spiro atoms. The maximum Gasteiger partial charge on any atom is 0.227 e. The minimum absolute atomic E-state index is 0.676. The van der Waals surface area contributed by atoms with Crippen LogP contribution in [-0.4, -0.2) is 23.0 Å². The summed E-state index contributed by atoms with van der Waals surface area (Å²) in [5, 5.41) is 0. The van der Waals surface area contributed by atoms with Crippen molar-refractivity contribution < 1.29 is 4.42 Å². The van der Waals surface area contributed by atoms with Gasteiger partial charge < -0.3 is 4.42 Å². The van der Waals surface area contributed by atoms with Gasteiger partial charge in [-0.15, -0.1) is 0 Å². The molecule has 2 aromatic carbocycles. The second kappa shape index (κ2) is 6.69. The number of halogens is 1. The van der Waals surface area contributed by atoms with E-state index in [9.17, 15) is 0 Å². The molecule has 3 nitrogen and oxygen atoms in total. The molecule has 4 rings (SSSR count). The predicted molar refractivity (Wildman–Crippen MR) is 101 cm³/mol. The summed E-state index contributed by atoms with van der Waals surface area (Å²) >= 11 is 3.50. The number of likely N-dealkylation sites (tertiary alicyclic amines) is 1. The van der Waals surface area contributed by atoms with Crippen molar-refractivity contribution in [3.63, 3.8) is 0 Å². The first-order valence-electron chi connectivity index (χ1n) is 8.55. The van der Waals surface area contributed by atoms with Gasteiger partial charge in [-0.2, -0.15) is 0 Å². The third-order valence-corrected chi connectivity index (χ3v) is 5.30. The molecule has 24 heavy (non-hydrogen) atoms. The Labute approximate surface area is 150 Å². The van der Waals surface area contributed by atoms with E-state index in [2.05, 4.69) is 44.9 Å². The van der Waals surface area contributed by atoms with Crippen molar-refractivity contribution in [1.82, 2.24) is 9.88 Å². The third-order valence-electron chi connectivity index (χ3n) is 4.81. The summed E-state index contributed by atoms with van der Waals surface area (Å²) in [6.45, 7) is 5.74. The topological polar surface area (TPSA) is 29.3 Å². The molecule has 0 saturated carbocycles. The van der Waals surface area contributed by atoms with Crippen molar-refractivity contribution >= 4 is 27.0 Å². The van der Waals surface area contributed by atoms with Gasteiger partial charge in [0, 0.05) is 16.6 Å². The van der Waals surface area contributed by atoms with E-state index in [-0.39, 0.29) is 0 Å². The number of piperidine rings is 1. The molecule has 124 valence electrons. The fourth-order valence-electron chi connectivity index (χ4n) is 3.29. The Hall–Kier alpha value is -1.65. The van der Waals surface area contributed by atoms with Gasteiger partial charge in [0.1, 0.15) is 5.52 Å².